The second-order valence-corrected chi connectivity index (χ2v) is 5.03. The minimum atomic E-state index is -0.706. The molecular weight excluding hydrogens is 252 g/mol. The van der Waals surface area contributed by atoms with Crippen LogP contribution in [-0.2, 0) is 5.75 Å². The molecule has 1 nitrogen and oxygen atoms in total. The third kappa shape index (κ3) is 2.82. The van der Waals surface area contributed by atoms with E-state index in [2.05, 4.69) is 0 Å². The van der Waals surface area contributed by atoms with E-state index in [9.17, 15) is 8.78 Å². The molecule has 0 aliphatic carbocycles. The average Bonchev–Trinajstić information content (AvgIpc) is 2.33. The van der Waals surface area contributed by atoms with Crippen molar-refractivity contribution in [1.82, 2.24) is 0 Å². The van der Waals surface area contributed by atoms with Gasteiger partial charge < -0.3 is 5.73 Å². The van der Waals surface area contributed by atoms with E-state index >= 15 is 0 Å². The molecule has 4 heteroatoms. The minimum Gasteiger partial charge on any atom is -0.395 e. The van der Waals surface area contributed by atoms with Crippen LogP contribution in [0.4, 0.5) is 14.5 Å². The van der Waals surface area contributed by atoms with Gasteiger partial charge in [0.2, 0.25) is 0 Å². The number of anilines is 1. The molecule has 94 valence electrons. The first kappa shape index (κ1) is 12.9. The smallest absolute Gasteiger partial charge is 0.150 e. The van der Waals surface area contributed by atoms with Crippen LogP contribution in [-0.4, -0.2) is 0 Å². The summed E-state index contributed by atoms with van der Waals surface area (Å²) in [5, 5.41) is 0. The van der Waals surface area contributed by atoms with Crippen LogP contribution in [0.3, 0.4) is 0 Å². The topological polar surface area (TPSA) is 26.0 Å². The van der Waals surface area contributed by atoms with E-state index in [1.807, 2.05) is 31.2 Å². The van der Waals surface area contributed by atoms with Gasteiger partial charge in [-0.2, -0.15) is 0 Å². The lowest BCUT2D eigenvalue weighted by atomic mass is 10.1. The van der Waals surface area contributed by atoms with Crippen molar-refractivity contribution in [2.24, 2.45) is 0 Å². The molecule has 0 aliphatic rings. The van der Waals surface area contributed by atoms with Gasteiger partial charge in [-0.25, -0.2) is 8.78 Å². The van der Waals surface area contributed by atoms with Gasteiger partial charge in [0.15, 0.2) is 0 Å². The van der Waals surface area contributed by atoms with Crippen molar-refractivity contribution in [3.63, 3.8) is 0 Å². The van der Waals surface area contributed by atoms with Crippen LogP contribution in [0.25, 0.3) is 0 Å². The van der Waals surface area contributed by atoms with Crippen molar-refractivity contribution in [2.45, 2.75) is 17.6 Å². The summed E-state index contributed by atoms with van der Waals surface area (Å²) in [6.45, 7) is 2.01. The zero-order chi connectivity index (χ0) is 13.1. The molecule has 0 unspecified atom stereocenters. The molecule has 2 N–H and O–H groups in total. The van der Waals surface area contributed by atoms with Crippen LogP contribution >= 0.6 is 11.8 Å². The lowest BCUT2D eigenvalue weighted by molar-refractivity contribution is 0.581. The van der Waals surface area contributed by atoms with E-state index in [-0.39, 0.29) is 5.69 Å². The third-order valence-corrected chi connectivity index (χ3v) is 3.80. The molecule has 0 aromatic heterocycles. The second kappa shape index (κ2) is 5.40. The number of rotatable bonds is 3. The Kier molecular flexibility index (Phi) is 3.87. The molecule has 0 heterocycles. The van der Waals surface area contributed by atoms with Crippen molar-refractivity contribution in [3.8, 4) is 0 Å². The summed E-state index contributed by atoms with van der Waals surface area (Å²) in [4.78, 5) is 0.441. The van der Waals surface area contributed by atoms with Crippen LogP contribution in [0.1, 0.15) is 11.1 Å². The number of hydrogen-bond acceptors (Lipinski definition) is 2. The summed E-state index contributed by atoms with van der Waals surface area (Å²) >= 11 is 1.34. The number of nitrogens with two attached hydrogens (primary N) is 1. The number of benzene rings is 2. The van der Waals surface area contributed by atoms with Gasteiger partial charge >= 0.3 is 0 Å². The fourth-order valence-corrected chi connectivity index (χ4v) is 2.69. The Morgan fingerprint density at radius 3 is 2.61 bits per heavy atom. The monoisotopic (exact) mass is 265 g/mol. The quantitative estimate of drug-likeness (QED) is 0.666. The molecule has 0 spiro atoms. The Labute approximate surface area is 109 Å². The van der Waals surface area contributed by atoms with Gasteiger partial charge in [0.25, 0.3) is 0 Å². The van der Waals surface area contributed by atoms with Crippen molar-refractivity contribution < 1.29 is 8.78 Å². The number of nitrogen functional groups attached to an aromatic ring is 1. The number of hydrogen-bond donors (Lipinski definition) is 1. The lowest BCUT2D eigenvalue weighted by Crippen LogP contribution is -1.95. The Bertz CT molecular complexity index is 570. The Morgan fingerprint density at radius 2 is 1.89 bits per heavy atom. The van der Waals surface area contributed by atoms with Gasteiger partial charge in [0, 0.05) is 16.7 Å². The summed E-state index contributed by atoms with van der Waals surface area (Å²) in [7, 11) is 0. The molecule has 2 rings (SSSR count). The van der Waals surface area contributed by atoms with Crippen LogP contribution in [0.5, 0.6) is 0 Å². The Hall–Kier alpha value is -1.55. The Balaban J connectivity index is 2.18. The standard InChI is InChI=1S/C14H13F2NS/c1-9-4-2-3-5-10(9)8-18-13-7-11(15)6-12(16)14(13)17/h2-7H,8,17H2,1H3. The molecule has 0 atom stereocenters. The molecule has 0 fully saturated rings. The highest BCUT2D eigenvalue weighted by atomic mass is 32.2. The van der Waals surface area contributed by atoms with Crippen molar-refractivity contribution >= 4 is 17.4 Å². The fourth-order valence-electron chi connectivity index (χ4n) is 1.61. The van der Waals surface area contributed by atoms with E-state index in [4.69, 9.17) is 5.73 Å². The number of aryl methyl sites for hydroxylation is 1. The molecule has 2 aromatic rings. The first-order valence-electron chi connectivity index (χ1n) is 5.50. The molecule has 0 saturated carbocycles. The fraction of sp³-hybridized carbons (Fsp3) is 0.143. The summed E-state index contributed by atoms with van der Waals surface area (Å²) in [5.74, 6) is -0.670. The summed E-state index contributed by atoms with van der Waals surface area (Å²) in [6, 6.07) is 9.96. The highest BCUT2D eigenvalue weighted by Gasteiger charge is 2.09. The molecule has 0 amide bonds. The Morgan fingerprint density at radius 1 is 1.17 bits per heavy atom. The van der Waals surface area contributed by atoms with Gasteiger partial charge in [-0.05, 0) is 24.1 Å². The predicted molar refractivity (Wildman–Crippen MR) is 71.5 cm³/mol. The minimum absolute atomic E-state index is 0.00924. The molecular formula is C14H13F2NS. The van der Waals surface area contributed by atoms with Gasteiger partial charge in [0.05, 0.1) is 5.69 Å². The molecule has 0 aliphatic heterocycles. The average molecular weight is 265 g/mol. The van der Waals surface area contributed by atoms with Gasteiger partial charge in [0.1, 0.15) is 11.6 Å². The van der Waals surface area contributed by atoms with Gasteiger partial charge in [-0.3, -0.25) is 0 Å². The van der Waals surface area contributed by atoms with Gasteiger partial charge in [-0.15, -0.1) is 11.8 Å². The van der Waals surface area contributed by atoms with E-state index < -0.39 is 11.6 Å². The van der Waals surface area contributed by atoms with Crippen LogP contribution in [0, 0.1) is 18.6 Å². The van der Waals surface area contributed by atoms with E-state index in [0.29, 0.717) is 10.6 Å². The van der Waals surface area contributed by atoms with E-state index in [1.54, 1.807) is 0 Å². The van der Waals surface area contributed by atoms with Crippen LogP contribution in [0.2, 0.25) is 0 Å². The molecule has 2 aromatic carbocycles. The molecule has 18 heavy (non-hydrogen) atoms. The van der Waals surface area contributed by atoms with Crippen molar-refractivity contribution in [3.05, 3.63) is 59.2 Å². The zero-order valence-electron chi connectivity index (χ0n) is 9.91. The summed E-state index contributed by atoms with van der Waals surface area (Å²) in [6.07, 6.45) is 0. The highest BCUT2D eigenvalue weighted by molar-refractivity contribution is 7.98. The molecule has 0 radical (unpaired) electrons. The number of halogens is 2. The highest BCUT2D eigenvalue weighted by Crippen LogP contribution is 2.31. The zero-order valence-corrected chi connectivity index (χ0v) is 10.7. The molecule has 0 bridgehead atoms. The largest absolute Gasteiger partial charge is 0.395 e. The van der Waals surface area contributed by atoms with Gasteiger partial charge in [-0.1, -0.05) is 24.3 Å². The first-order valence-corrected chi connectivity index (χ1v) is 6.48. The van der Waals surface area contributed by atoms with E-state index in [1.165, 1.54) is 17.8 Å². The van der Waals surface area contributed by atoms with Crippen molar-refractivity contribution in [1.29, 1.82) is 0 Å². The maximum atomic E-state index is 13.3. The second-order valence-electron chi connectivity index (χ2n) is 4.01. The van der Waals surface area contributed by atoms with Crippen LogP contribution < -0.4 is 5.73 Å². The van der Waals surface area contributed by atoms with E-state index in [0.717, 1.165) is 17.2 Å². The third-order valence-electron chi connectivity index (χ3n) is 2.70. The summed E-state index contributed by atoms with van der Waals surface area (Å²) < 4.78 is 26.4. The lowest BCUT2D eigenvalue weighted by Gasteiger charge is -2.08. The maximum absolute atomic E-state index is 13.3. The van der Waals surface area contributed by atoms with Crippen LogP contribution in [0.15, 0.2) is 41.3 Å². The maximum Gasteiger partial charge on any atom is 0.150 e. The molecule has 0 saturated heterocycles. The predicted octanol–water partition coefficient (Wildman–Crippen LogP) is 4.15. The summed E-state index contributed by atoms with van der Waals surface area (Å²) in [5.41, 5.74) is 7.88. The number of thioether (sulfide) groups is 1. The normalized spacial score (nSPS) is 10.6. The first-order chi connectivity index (χ1) is 8.58. The van der Waals surface area contributed by atoms with Crippen molar-refractivity contribution in [2.75, 3.05) is 5.73 Å². The SMILES string of the molecule is Cc1ccccc1CSc1cc(F)cc(F)c1N.